The van der Waals surface area contributed by atoms with E-state index in [0.29, 0.717) is 0 Å². The molecule has 0 aliphatic heterocycles. The highest BCUT2D eigenvalue weighted by atomic mass is 79.9. The van der Waals surface area contributed by atoms with Crippen molar-refractivity contribution in [1.29, 1.82) is 0 Å². The Bertz CT molecular complexity index is 382. The molecule has 1 N–H and O–H groups in total. The topological polar surface area (TPSA) is 21.3 Å². The average Bonchev–Trinajstić information content (AvgIpc) is 2.23. The van der Waals surface area contributed by atoms with E-state index in [2.05, 4.69) is 42.0 Å². The summed E-state index contributed by atoms with van der Waals surface area (Å²) in [5.74, 6) is 0. The maximum atomic E-state index is 6.13. The molecule has 0 heterocycles. The molecule has 1 aromatic carbocycles. The van der Waals surface area contributed by atoms with Crippen LogP contribution in [-0.2, 0) is 4.74 Å². The predicted molar refractivity (Wildman–Crippen MR) is 77.9 cm³/mol. The Balaban J connectivity index is 2.68. The number of ether oxygens (including phenoxy) is 1. The molecule has 1 rings (SSSR count). The van der Waals surface area contributed by atoms with Gasteiger partial charge in [0.2, 0.25) is 0 Å². The summed E-state index contributed by atoms with van der Waals surface area (Å²) in [4.78, 5) is 0. The molecule has 1 unspecified atom stereocenters. The fraction of sp³-hybridized carbons (Fsp3) is 0.538. The van der Waals surface area contributed by atoms with Crippen LogP contribution in [0.2, 0.25) is 5.02 Å². The first-order valence-corrected chi connectivity index (χ1v) is 6.78. The van der Waals surface area contributed by atoms with E-state index >= 15 is 0 Å². The van der Waals surface area contributed by atoms with Gasteiger partial charge in [0.05, 0.1) is 16.3 Å². The Morgan fingerprint density at radius 3 is 2.71 bits per heavy atom. The van der Waals surface area contributed by atoms with Gasteiger partial charge in [0, 0.05) is 17.6 Å². The Morgan fingerprint density at radius 1 is 1.47 bits per heavy atom. The van der Waals surface area contributed by atoms with Gasteiger partial charge in [0.15, 0.2) is 0 Å². The molecule has 0 aliphatic carbocycles. The van der Waals surface area contributed by atoms with E-state index in [1.165, 1.54) is 0 Å². The normalized spacial score (nSPS) is 13.5. The lowest BCUT2D eigenvalue weighted by Crippen LogP contribution is -2.31. The maximum Gasteiger partial charge on any atom is 0.0642 e. The molecule has 17 heavy (non-hydrogen) atoms. The fourth-order valence-corrected chi connectivity index (χ4v) is 2.28. The summed E-state index contributed by atoms with van der Waals surface area (Å²) in [6.45, 7) is 6.28. The number of halogens is 2. The maximum absolute atomic E-state index is 6.13. The molecule has 1 aromatic rings. The first-order valence-electron chi connectivity index (χ1n) is 5.61. The molecule has 4 heteroatoms. The molecule has 0 radical (unpaired) electrons. The van der Waals surface area contributed by atoms with Gasteiger partial charge in [-0.05, 0) is 45.4 Å². The van der Waals surface area contributed by atoms with E-state index in [9.17, 15) is 0 Å². The zero-order chi connectivity index (χ0) is 13.1. The lowest BCUT2D eigenvalue weighted by Gasteiger charge is -2.27. The van der Waals surface area contributed by atoms with E-state index in [-0.39, 0.29) is 11.6 Å². The summed E-state index contributed by atoms with van der Waals surface area (Å²) in [5.41, 5.74) is 0.811. The van der Waals surface area contributed by atoms with E-state index in [0.717, 1.165) is 21.6 Å². The number of anilines is 1. The molecule has 0 fully saturated rings. The van der Waals surface area contributed by atoms with Crippen molar-refractivity contribution in [1.82, 2.24) is 0 Å². The van der Waals surface area contributed by atoms with Crippen molar-refractivity contribution < 1.29 is 4.74 Å². The van der Waals surface area contributed by atoms with Crippen LogP contribution in [0, 0.1) is 0 Å². The van der Waals surface area contributed by atoms with Crippen LogP contribution in [0.5, 0.6) is 0 Å². The van der Waals surface area contributed by atoms with E-state index < -0.39 is 0 Å². The lowest BCUT2D eigenvalue weighted by molar-refractivity contribution is 0.0128. The molecule has 1 atom stereocenters. The standard InChI is InChI=1S/C13H19BrClNO/c1-9(8-13(2,3)17-4)16-12-7-10(14)5-6-11(12)15/h5-7,9,16H,8H2,1-4H3. The SMILES string of the molecule is COC(C)(C)CC(C)Nc1cc(Br)ccc1Cl. The largest absolute Gasteiger partial charge is 0.381 e. The molecule has 0 amide bonds. The third-order valence-electron chi connectivity index (χ3n) is 2.68. The van der Waals surface area contributed by atoms with E-state index in [4.69, 9.17) is 16.3 Å². The summed E-state index contributed by atoms with van der Waals surface area (Å²) in [5, 5.41) is 4.13. The van der Waals surface area contributed by atoms with Crippen LogP contribution in [0.4, 0.5) is 5.69 Å². The van der Waals surface area contributed by atoms with Crippen molar-refractivity contribution in [3.05, 3.63) is 27.7 Å². The van der Waals surface area contributed by atoms with Crippen molar-refractivity contribution in [2.45, 2.75) is 38.8 Å². The van der Waals surface area contributed by atoms with Crippen molar-refractivity contribution in [2.75, 3.05) is 12.4 Å². The molecule has 0 bridgehead atoms. The molecule has 96 valence electrons. The minimum atomic E-state index is -0.134. The molecule has 2 nitrogen and oxygen atoms in total. The highest BCUT2D eigenvalue weighted by Gasteiger charge is 2.20. The molecule has 0 saturated heterocycles. The third kappa shape index (κ3) is 4.86. The summed E-state index contributed by atoms with van der Waals surface area (Å²) >= 11 is 9.57. The van der Waals surface area contributed by atoms with Crippen LogP contribution in [0.15, 0.2) is 22.7 Å². The minimum Gasteiger partial charge on any atom is -0.381 e. The molecule has 0 spiro atoms. The average molecular weight is 321 g/mol. The number of benzene rings is 1. The Morgan fingerprint density at radius 2 is 2.12 bits per heavy atom. The first-order chi connectivity index (χ1) is 7.84. The number of rotatable bonds is 5. The van der Waals surface area contributed by atoms with E-state index in [1.807, 2.05) is 18.2 Å². The van der Waals surface area contributed by atoms with Gasteiger partial charge < -0.3 is 10.1 Å². The van der Waals surface area contributed by atoms with Gasteiger partial charge >= 0.3 is 0 Å². The predicted octanol–water partition coefficient (Wildman–Crippen LogP) is 4.72. The summed E-state index contributed by atoms with van der Waals surface area (Å²) < 4.78 is 6.43. The first kappa shape index (κ1) is 14.8. The van der Waals surface area contributed by atoms with Gasteiger partial charge in [-0.3, -0.25) is 0 Å². The van der Waals surface area contributed by atoms with Crippen molar-refractivity contribution in [3.8, 4) is 0 Å². The van der Waals surface area contributed by atoms with Gasteiger partial charge in [-0.25, -0.2) is 0 Å². The second kappa shape index (κ2) is 6.07. The van der Waals surface area contributed by atoms with Gasteiger partial charge in [0.1, 0.15) is 0 Å². The minimum absolute atomic E-state index is 0.134. The Labute approximate surface area is 117 Å². The number of nitrogens with one attached hydrogen (secondary N) is 1. The van der Waals surface area contributed by atoms with Crippen LogP contribution in [-0.4, -0.2) is 18.8 Å². The Kier molecular flexibility index (Phi) is 5.29. The molecular formula is C13H19BrClNO. The van der Waals surface area contributed by atoms with Crippen LogP contribution < -0.4 is 5.32 Å². The van der Waals surface area contributed by atoms with Gasteiger partial charge in [-0.1, -0.05) is 27.5 Å². The zero-order valence-electron chi connectivity index (χ0n) is 10.7. The van der Waals surface area contributed by atoms with Crippen LogP contribution >= 0.6 is 27.5 Å². The highest BCUT2D eigenvalue weighted by molar-refractivity contribution is 9.10. The van der Waals surface area contributed by atoms with Crippen LogP contribution in [0.25, 0.3) is 0 Å². The van der Waals surface area contributed by atoms with Gasteiger partial charge in [-0.15, -0.1) is 0 Å². The number of hydrogen-bond acceptors (Lipinski definition) is 2. The quantitative estimate of drug-likeness (QED) is 0.847. The molecule has 0 saturated carbocycles. The second-order valence-corrected chi connectivity index (χ2v) is 6.16. The number of hydrogen-bond donors (Lipinski definition) is 1. The number of methoxy groups -OCH3 is 1. The van der Waals surface area contributed by atoms with Gasteiger partial charge in [-0.2, -0.15) is 0 Å². The molecule has 0 aromatic heterocycles. The van der Waals surface area contributed by atoms with Crippen molar-refractivity contribution in [2.24, 2.45) is 0 Å². The van der Waals surface area contributed by atoms with E-state index in [1.54, 1.807) is 7.11 Å². The third-order valence-corrected chi connectivity index (χ3v) is 3.50. The van der Waals surface area contributed by atoms with Gasteiger partial charge in [0.25, 0.3) is 0 Å². The second-order valence-electron chi connectivity index (χ2n) is 4.84. The smallest absolute Gasteiger partial charge is 0.0642 e. The molecule has 0 aliphatic rings. The summed E-state index contributed by atoms with van der Waals surface area (Å²) in [6, 6.07) is 6.08. The fourth-order valence-electron chi connectivity index (χ4n) is 1.75. The summed E-state index contributed by atoms with van der Waals surface area (Å²) in [7, 11) is 1.73. The van der Waals surface area contributed by atoms with Crippen LogP contribution in [0.3, 0.4) is 0 Å². The zero-order valence-corrected chi connectivity index (χ0v) is 13.0. The highest BCUT2D eigenvalue weighted by Crippen LogP contribution is 2.27. The lowest BCUT2D eigenvalue weighted by atomic mass is 10.00. The monoisotopic (exact) mass is 319 g/mol. The van der Waals surface area contributed by atoms with Crippen molar-refractivity contribution >= 4 is 33.2 Å². The Hall–Kier alpha value is -0.250. The summed E-state index contributed by atoms with van der Waals surface area (Å²) in [6.07, 6.45) is 0.909. The van der Waals surface area contributed by atoms with Crippen molar-refractivity contribution in [3.63, 3.8) is 0 Å². The molecular weight excluding hydrogens is 302 g/mol. The van der Waals surface area contributed by atoms with Crippen LogP contribution in [0.1, 0.15) is 27.2 Å².